The highest BCUT2D eigenvalue weighted by Gasteiger charge is 2.30. The molecule has 0 saturated heterocycles. The normalized spacial score (nSPS) is 13.8. The highest BCUT2D eigenvalue weighted by atomic mass is 31.2. The van der Waals surface area contributed by atoms with Crippen LogP contribution in [0.4, 0.5) is 0 Å². The van der Waals surface area contributed by atoms with Gasteiger partial charge in [-0.2, -0.15) is 0 Å². The van der Waals surface area contributed by atoms with E-state index >= 15 is 0 Å². The van der Waals surface area contributed by atoms with Crippen molar-refractivity contribution in [1.29, 1.82) is 0 Å². The first kappa shape index (κ1) is 102. The predicted molar refractivity (Wildman–Crippen MR) is 428 cm³/mol. The van der Waals surface area contributed by atoms with Crippen LogP contribution in [0.1, 0.15) is 458 Å². The van der Waals surface area contributed by atoms with Crippen LogP contribution in [0.15, 0.2) is 0 Å². The van der Waals surface area contributed by atoms with Crippen molar-refractivity contribution in [2.45, 2.75) is 477 Å². The van der Waals surface area contributed by atoms with E-state index in [0.29, 0.717) is 25.7 Å². The first-order chi connectivity index (χ1) is 50.5. The zero-order valence-corrected chi connectivity index (χ0v) is 70.0. The van der Waals surface area contributed by atoms with Gasteiger partial charge in [0.15, 0.2) is 12.2 Å². The fourth-order valence-corrected chi connectivity index (χ4v) is 14.9. The maximum absolute atomic E-state index is 13.1. The van der Waals surface area contributed by atoms with Gasteiger partial charge in [-0.1, -0.05) is 407 Å². The molecule has 0 bridgehead atoms. The van der Waals surface area contributed by atoms with Gasteiger partial charge < -0.3 is 33.8 Å². The lowest BCUT2D eigenvalue weighted by molar-refractivity contribution is -0.161. The summed E-state index contributed by atoms with van der Waals surface area (Å²) in [5.74, 6) is -1.31. The lowest BCUT2D eigenvalue weighted by Crippen LogP contribution is -2.30. The van der Waals surface area contributed by atoms with Crippen LogP contribution >= 0.6 is 15.6 Å². The number of phosphoric acid groups is 2. The molecule has 5 atom stereocenters. The molecule has 0 aliphatic rings. The molecule has 0 heterocycles. The van der Waals surface area contributed by atoms with Crippen molar-refractivity contribution in [3.63, 3.8) is 0 Å². The minimum Gasteiger partial charge on any atom is -0.462 e. The highest BCUT2D eigenvalue weighted by Crippen LogP contribution is 2.45. The largest absolute Gasteiger partial charge is 0.472 e. The number of phosphoric ester groups is 2. The number of carbonyl (C=O) groups is 4. The Labute approximate surface area is 638 Å². The molecule has 2 unspecified atom stereocenters. The third-order valence-corrected chi connectivity index (χ3v) is 21.9. The van der Waals surface area contributed by atoms with Crippen LogP contribution in [0, 0.1) is 5.92 Å². The molecular weight excluding hydrogens is 1350 g/mol. The van der Waals surface area contributed by atoms with Gasteiger partial charge in [-0.25, -0.2) is 9.13 Å². The monoisotopic (exact) mass is 1520 g/mol. The number of hydrogen-bond donors (Lipinski definition) is 3. The average Bonchev–Trinajstić information content (AvgIpc) is 0.982. The summed E-state index contributed by atoms with van der Waals surface area (Å²) in [7, 11) is -9.92. The predicted octanol–water partition coefficient (Wildman–Crippen LogP) is 26.0. The first-order valence-electron chi connectivity index (χ1n) is 44.1. The van der Waals surface area contributed by atoms with Gasteiger partial charge in [0, 0.05) is 25.7 Å². The summed E-state index contributed by atoms with van der Waals surface area (Å²) in [6.07, 6.45) is 71.1. The zero-order valence-electron chi connectivity index (χ0n) is 68.2. The lowest BCUT2D eigenvalue weighted by Gasteiger charge is -2.21. The fourth-order valence-electron chi connectivity index (χ4n) is 13.3. The summed E-state index contributed by atoms with van der Waals surface area (Å²) in [5, 5.41) is 10.6. The molecule has 0 radical (unpaired) electrons. The molecule has 0 aliphatic carbocycles. The standard InChI is InChI=1S/C85H166O17P2/c1-6-9-12-15-18-20-22-24-26-28-30-32-34-36-41-45-49-54-59-64-69-83(88)96-75-81(102-85(90)71-65-60-55-50-46-42-37-35-33-31-29-27-25-23-21-19-16-13-10-7-2)77-100-104(93,94)98-73-79(86)72-97-103(91,92)99-76-80(74-95-82(87)68-63-58-52-17-14-11-8-3)101-84(89)70-66-61-56-51-47-43-39-38-40-44-48-53-57-62-67-78(4)5/h78-81,86H,6-77H2,1-5H3,(H,91,92)(H,93,94)/t79-,80+,81+/m0/s1. The van der Waals surface area contributed by atoms with Gasteiger partial charge in [0.1, 0.15) is 19.3 Å². The molecule has 3 N–H and O–H groups in total. The van der Waals surface area contributed by atoms with E-state index in [0.717, 1.165) is 109 Å². The SMILES string of the molecule is CCCCCCCCCCCCCCCCCCCCCCC(=O)OC[C@H](COP(=O)(O)OC[C@@H](O)COP(=O)(O)OC[C@@H](COC(=O)CCCCCCCCC)OC(=O)CCCCCCCCCCCCCCCCC(C)C)OC(=O)CCCCCCCCCCCCCCCCCCCCCC. The second-order valence-electron chi connectivity index (χ2n) is 31.1. The average molecular weight is 1520 g/mol. The van der Waals surface area contributed by atoms with Crippen molar-refractivity contribution in [2.75, 3.05) is 39.6 Å². The number of hydrogen-bond acceptors (Lipinski definition) is 15. The van der Waals surface area contributed by atoms with E-state index in [4.69, 9.17) is 37.0 Å². The molecule has 0 amide bonds. The van der Waals surface area contributed by atoms with Gasteiger partial charge in [0.25, 0.3) is 0 Å². The number of ether oxygens (including phenoxy) is 4. The van der Waals surface area contributed by atoms with Crippen LogP contribution in [-0.4, -0.2) is 96.7 Å². The van der Waals surface area contributed by atoms with Gasteiger partial charge in [-0.05, 0) is 31.6 Å². The van der Waals surface area contributed by atoms with Crippen LogP contribution in [0.5, 0.6) is 0 Å². The molecule has 19 heteroatoms. The minimum atomic E-state index is -4.96. The number of rotatable bonds is 85. The molecule has 17 nitrogen and oxygen atoms in total. The topological polar surface area (TPSA) is 237 Å². The maximum atomic E-state index is 13.1. The summed E-state index contributed by atoms with van der Waals surface area (Å²) >= 11 is 0. The second-order valence-corrected chi connectivity index (χ2v) is 34.0. The summed E-state index contributed by atoms with van der Waals surface area (Å²) in [5.41, 5.74) is 0. The Morgan fingerprint density at radius 3 is 0.654 bits per heavy atom. The zero-order chi connectivity index (χ0) is 76.2. The third kappa shape index (κ3) is 78.2. The van der Waals surface area contributed by atoms with Crippen molar-refractivity contribution < 1.29 is 80.2 Å². The molecular formula is C85H166O17P2. The number of aliphatic hydroxyl groups is 1. The van der Waals surface area contributed by atoms with E-state index in [2.05, 4.69) is 34.6 Å². The van der Waals surface area contributed by atoms with Crippen molar-refractivity contribution in [2.24, 2.45) is 5.92 Å². The molecule has 104 heavy (non-hydrogen) atoms. The number of carbonyl (C=O) groups excluding carboxylic acids is 4. The summed E-state index contributed by atoms with van der Waals surface area (Å²) in [6.45, 7) is 7.33. The number of aliphatic hydroxyl groups excluding tert-OH is 1. The van der Waals surface area contributed by atoms with Crippen LogP contribution in [0.3, 0.4) is 0 Å². The van der Waals surface area contributed by atoms with Crippen molar-refractivity contribution in [1.82, 2.24) is 0 Å². The molecule has 0 aromatic heterocycles. The maximum Gasteiger partial charge on any atom is 0.472 e. The quantitative estimate of drug-likeness (QED) is 0.0222. The summed E-state index contributed by atoms with van der Waals surface area (Å²) in [6, 6.07) is 0. The number of unbranched alkanes of at least 4 members (excludes halogenated alkanes) is 57. The van der Waals surface area contributed by atoms with Crippen LogP contribution < -0.4 is 0 Å². The Balaban J connectivity index is 5.16. The van der Waals surface area contributed by atoms with Crippen LogP contribution in [0.2, 0.25) is 0 Å². The molecule has 0 aromatic rings. The van der Waals surface area contributed by atoms with Gasteiger partial charge in [-0.15, -0.1) is 0 Å². The van der Waals surface area contributed by atoms with Gasteiger partial charge >= 0.3 is 39.5 Å². The van der Waals surface area contributed by atoms with Gasteiger partial charge in [-0.3, -0.25) is 37.3 Å². The van der Waals surface area contributed by atoms with E-state index in [1.165, 1.54) is 270 Å². The third-order valence-electron chi connectivity index (χ3n) is 20.0. The van der Waals surface area contributed by atoms with E-state index in [1.807, 2.05) is 0 Å². The Morgan fingerprint density at radius 1 is 0.260 bits per heavy atom. The smallest absolute Gasteiger partial charge is 0.462 e. The Morgan fingerprint density at radius 2 is 0.442 bits per heavy atom. The number of esters is 4. The van der Waals surface area contributed by atoms with E-state index in [1.54, 1.807) is 0 Å². The summed E-state index contributed by atoms with van der Waals surface area (Å²) in [4.78, 5) is 73.0. The van der Waals surface area contributed by atoms with E-state index in [9.17, 15) is 43.2 Å². The highest BCUT2D eigenvalue weighted by molar-refractivity contribution is 7.47. The molecule has 0 aromatic carbocycles. The van der Waals surface area contributed by atoms with Gasteiger partial charge in [0.2, 0.25) is 0 Å². The summed E-state index contributed by atoms with van der Waals surface area (Å²) < 4.78 is 68.7. The molecule has 0 rings (SSSR count). The van der Waals surface area contributed by atoms with Crippen molar-refractivity contribution >= 4 is 39.5 Å². The Bertz CT molecular complexity index is 1980. The molecule has 618 valence electrons. The fraction of sp³-hybridized carbons (Fsp3) is 0.953. The lowest BCUT2D eigenvalue weighted by atomic mass is 10.0. The van der Waals surface area contributed by atoms with Crippen LogP contribution in [0.25, 0.3) is 0 Å². The molecule has 0 aliphatic heterocycles. The molecule has 0 spiro atoms. The first-order valence-corrected chi connectivity index (χ1v) is 47.1. The molecule has 0 saturated carbocycles. The minimum absolute atomic E-state index is 0.108. The Hall–Kier alpha value is -1.94. The molecule has 0 fully saturated rings. The van der Waals surface area contributed by atoms with E-state index in [-0.39, 0.29) is 25.7 Å². The van der Waals surface area contributed by atoms with Crippen molar-refractivity contribution in [3.05, 3.63) is 0 Å². The Kier molecular flexibility index (Phi) is 76.3. The van der Waals surface area contributed by atoms with Crippen molar-refractivity contribution in [3.8, 4) is 0 Å². The van der Waals surface area contributed by atoms with Crippen LogP contribution in [-0.2, 0) is 65.4 Å². The van der Waals surface area contributed by atoms with E-state index < -0.39 is 97.5 Å². The van der Waals surface area contributed by atoms with Gasteiger partial charge in [0.05, 0.1) is 26.4 Å². The second kappa shape index (κ2) is 77.8.